The Balaban J connectivity index is 0. The monoisotopic (exact) mass is 358 g/mol. The van der Waals surface area contributed by atoms with Gasteiger partial charge in [0.1, 0.15) is 28.9 Å². The molecule has 0 aliphatic carbocycles. The third-order valence-electron chi connectivity index (χ3n) is 2.17. The van der Waals surface area contributed by atoms with Crippen LogP contribution in [-0.2, 0) is 0 Å². The molecule has 6 nitrogen and oxygen atoms in total. The Morgan fingerprint density at radius 2 is 1.75 bits per heavy atom. The molecule has 4 heterocycles. The van der Waals surface area contributed by atoms with E-state index in [1.54, 1.807) is 35.5 Å². The molecular weight excluding hydrogens is 342 g/mol. The highest BCUT2D eigenvalue weighted by molar-refractivity contribution is 7.13. The van der Waals surface area contributed by atoms with E-state index in [0.717, 1.165) is 16.4 Å². The van der Waals surface area contributed by atoms with E-state index in [2.05, 4.69) is 19.9 Å². The fourth-order valence-corrected chi connectivity index (χ4v) is 2.46. The first-order chi connectivity index (χ1) is 9.93. The molecule has 0 unspecified atom stereocenters. The van der Waals surface area contributed by atoms with E-state index < -0.39 is 0 Å². The van der Waals surface area contributed by atoms with E-state index in [9.17, 15) is 0 Å². The van der Waals surface area contributed by atoms with E-state index in [1.165, 1.54) is 24.0 Å². The first-order valence-corrected chi connectivity index (χ1v) is 7.32. The van der Waals surface area contributed by atoms with E-state index in [4.69, 9.17) is 8.83 Å². The largest absolute Gasteiger partial charge is 0.451 e. The molecule has 24 heavy (non-hydrogen) atoms. The van der Waals surface area contributed by atoms with Gasteiger partial charge in [-0.15, -0.1) is 22.7 Å². The predicted molar refractivity (Wildman–Crippen MR) is 100 cm³/mol. The molecule has 4 aromatic rings. The number of thiazole rings is 2. The van der Waals surface area contributed by atoms with Crippen molar-refractivity contribution in [3.05, 3.63) is 47.6 Å². The summed E-state index contributed by atoms with van der Waals surface area (Å²) in [4.78, 5) is 16.0. The molecule has 0 saturated carbocycles. The summed E-state index contributed by atoms with van der Waals surface area (Å²) in [5.74, 6) is 0.584. The van der Waals surface area contributed by atoms with Crippen molar-refractivity contribution in [3.8, 4) is 22.3 Å². The molecule has 0 atom stereocenters. The Morgan fingerprint density at radius 1 is 0.917 bits per heavy atom. The SMILES string of the molecule is C.C.[B].[B].c1coc(-c2cscn2)n1.c1csc(-c2cocn2)n1. The summed E-state index contributed by atoms with van der Waals surface area (Å²) < 4.78 is 9.80. The van der Waals surface area contributed by atoms with E-state index >= 15 is 0 Å². The lowest BCUT2D eigenvalue weighted by Crippen LogP contribution is -1.72. The molecule has 0 amide bonds. The lowest BCUT2D eigenvalue weighted by molar-refractivity contribution is 0.558. The Bertz CT molecular complexity index is 586. The van der Waals surface area contributed by atoms with Crippen LogP contribution in [0.25, 0.3) is 22.3 Å². The summed E-state index contributed by atoms with van der Waals surface area (Å²) in [6.45, 7) is 0. The van der Waals surface area contributed by atoms with Crippen molar-refractivity contribution < 1.29 is 8.83 Å². The average molecular weight is 358 g/mol. The van der Waals surface area contributed by atoms with Crippen LogP contribution in [0.3, 0.4) is 0 Å². The summed E-state index contributed by atoms with van der Waals surface area (Å²) in [6.07, 6.45) is 7.87. The minimum Gasteiger partial charge on any atom is -0.451 e. The minimum atomic E-state index is 0. The van der Waals surface area contributed by atoms with Crippen molar-refractivity contribution in [1.82, 2.24) is 19.9 Å². The summed E-state index contributed by atoms with van der Waals surface area (Å²) in [6, 6.07) is 0. The average Bonchev–Trinajstić information content (AvgIpc) is 3.29. The highest BCUT2D eigenvalue weighted by Gasteiger charge is 2.02. The maximum atomic E-state index is 5.01. The van der Waals surface area contributed by atoms with Gasteiger partial charge in [0.15, 0.2) is 6.39 Å². The van der Waals surface area contributed by atoms with Crippen molar-refractivity contribution >= 4 is 39.5 Å². The molecule has 0 aliphatic heterocycles. The second-order valence-electron chi connectivity index (χ2n) is 3.42. The van der Waals surface area contributed by atoms with Gasteiger partial charge < -0.3 is 8.83 Å². The number of rotatable bonds is 2. The standard InChI is InChI=1S/2C6H4N2OS.2CH4.2B/c1-2-10-6(7-1)5-3-9-4-8-5;1-2-9-6(7-1)5-3-10-4-8-5;;;;/h2*1-4H;2*1H4;;. The lowest BCUT2D eigenvalue weighted by atomic mass is 10.5. The van der Waals surface area contributed by atoms with Crippen molar-refractivity contribution in [1.29, 1.82) is 0 Å². The lowest BCUT2D eigenvalue weighted by Gasteiger charge is -1.81. The second-order valence-corrected chi connectivity index (χ2v) is 5.04. The van der Waals surface area contributed by atoms with Crippen LogP contribution >= 0.6 is 22.7 Å². The zero-order chi connectivity index (χ0) is 13.6. The molecule has 0 aliphatic rings. The molecule has 10 heteroatoms. The normalized spacial score (nSPS) is 8.33. The van der Waals surface area contributed by atoms with Gasteiger partial charge in [-0.1, -0.05) is 14.9 Å². The van der Waals surface area contributed by atoms with Gasteiger partial charge in [-0.3, -0.25) is 0 Å². The highest BCUT2D eigenvalue weighted by Crippen LogP contribution is 2.18. The second kappa shape index (κ2) is 12.3. The molecule has 4 aromatic heterocycles. The van der Waals surface area contributed by atoms with Crippen LogP contribution in [0.15, 0.2) is 56.4 Å². The zero-order valence-electron chi connectivity index (χ0n) is 11.2. The molecular formula is C14H16B2N4O2S2. The number of aromatic nitrogens is 4. The Morgan fingerprint density at radius 3 is 2.25 bits per heavy atom. The Labute approximate surface area is 153 Å². The molecule has 0 aromatic carbocycles. The predicted octanol–water partition coefficient (Wildman–Crippen LogP) is 4.11. The Kier molecular flexibility index (Phi) is 12.3. The first-order valence-electron chi connectivity index (χ1n) is 5.49. The van der Waals surface area contributed by atoms with Gasteiger partial charge in [-0.2, -0.15) is 0 Å². The van der Waals surface area contributed by atoms with Crippen molar-refractivity contribution in [2.24, 2.45) is 0 Å². The molecule has 0 saturated heterocycles. The van der Waals surface area contributed by atoms with Crippen molar-refractivity contribution in [3.63, 3.8) is 0 Å². The maximum Gasteiger partial charge on any atom is 0.245 e. The summed E-state index contributed by atoms with van der Waals surface area (Å²) in [7, 11) is 0. The van der Waals surface area contributed by atoms with Crippen LogP contribution in [0.5, 0.6) is 0 Å². The number of oxazole rings is 2. The van der Waals surface area contributed by atoms with Crippen LogP contribution in [0, 0.1) is 0 Å². The van der Waals surface area contributed by atoms with Gasteiger partial charge in [0, 0.05) is 33.8 Å². The summed E-state index contributed by atoms with van der Waals surface area (Å²) >= 11 is 3.07. The smallest absolute Gasteiger partial charge is 0.245 e. The molecule has 0 fully saturated rings. The van der Waals surface area contributed by atoms with Crippen LogP contribution in [0.2, 0.25) is 0 Å². The van der Waals surface area contributed by atoms with Crippen LogP contribution in [-0.4, -0.2) is 36.8 Å². The van der Waals surface area contributed by atoms with Crippen LogP contribution < -0.4 is 0 Å². The van der Waals surface area contributed by atoms with E-state index in [-0.39, 0.29) is 31.7 Å². The maximum absolute atomic E-state index is 5.01. The zero-order valence-corrected chi connectivity index (χ0v) is 12.8. The Hall–Kier alpha value is -2.19. The van der Waals surface area contributed by atoms with Gasteiger partial charge in [-0.25, -0.2) is 19.9 Å². The van der Waals surface area contributed by atoms with Crippen molar-refractivity contribution in [2.75, 3.05) is 0 Å². The van der Waals surface area contributed by atoms with E-state index in [0.29, 0.717) is 5.89 Å². The van der Waals surface area contributed by atoms with Gasteiger partial charge in [0.05, 0.1) is 11.7 Å². The third-order valence-corrected chi connectivity index (χ3v) is 3.55. The van der Waals surface area contributed by atoms with Crippen LogP contribution in [0.1, 0.15) is 14.9 Å². The molecule has 6 radical (unpaired) electrons. The fourth-order valence-electron chi connectivity index (χ4n) is 1.34. The molecule has 122 valence electrons. The van der Waals surface area contributed by atoms with Crippen molar-refractivity contribution in [2.45, 2.75) is 14.9 Å². The fraction of sp³-hybridized carbons (Fsp3) is 0.143. The van der Waals surface area contributed by atoms with Gasteiger partial charge >= 0.3 is 0 Å². The molecule has 0 N–H and O–H groups in total. The number of hydrogen-bond acceptors (Lipinski definition) is 8. The molecule has 4 rings (SSSR count). The van der Waals surface area contributed by atoms with Gasteiger partial charge in [0.2, 0.25) is 5.89 Å². The molecule has 0 spiro atoms. The first kappa shape index (κ1) is 24.1. The summed E-state index contributed by atoms with van der Waals surface area (Å²) in [5.41, 5.74) is 3.35. The highest BCUT2D eigenvalue weighted by atomic mass is 32.1. The minimum absolute atomic E-state index is 0. The van der Waals surface area contributed by atoms with E-state index in [1.807, 2.05) is 10.8 Å². The van der Waals surface area contributed by atoms with Gasteiger partial charge in [0.25, 0.3) is 0 Å². The number of hydrogen-bond donors (Lipinski definition) is 0. The number of nitrogens with zero attached hydrogens (tertiary/aromatic N) is 4. The van der Waals surface area contributed by atoms with Crippen LogP contribution in [0.4, 0.5) is 0 Å². The molecule has 0 bridgehead atoms. The topological polar surface area (TPSA) is 77.8 Å². The quantitative estimate of drug-likeness (QED) is 0.502. The van der Waals surface area contributed by atoms with Gasteiger partial charge in [-0.05, 0) is 0 Å². The summed E-state index contributed by atoms with van der Waals surface area (Å²) in [5, 5.41) is 4.70. The third kappa shape index (κ3) is 6.13.